The topological polar surface area (TPSA) is 33.0 Å². The average molecular weight is 238 g/mol. The van der Waals surface area contributed by atoms with Crippen LogP contribution in [0.3, 0.4) is 0 Å². The number of nitriles is 1. The van der Waals surface area contributed by atoms with Crippen molar-refractivity contribution in [2.45, 2.75) is 19.4 Å². The Morgan fingerprint density at radius 2 is 2.38 bits per heavy atom. The molecule has 1 aliphatic heterocycles. The Morgan fingerprint density at radius 3 is 3.08 bits per heavy atom. The van der Waals surface area contributed by atoms with Gasteiger partial charge in [0.25, 0.3) is 0 Å². The minimum Gasteiger partial charge on any atom is -0.489 e. The zero-order valence-corrected chi connectivity index (χ0v) is 8.76. The summed E-state index contributed by atoms with van der Waals surface area (Å²) in [4.78, 5) is 0. The smallest absolute Gasteiger partial charge is 0.140 e. The first-order valence-electron chi connectivity index (χ1n) is 4.10. The quantitative estimate of drug-likeness (QED) is 0.696. The maximum atomic E-state index is 8.86. The summed E-state index contributed by atoms with van der Waals surface area (Å²) in [5.74, 6) is 0.762. The zero-order chi connectivity index (χ0) is 9.42. The summed E-state index contributed by atoms with van der Waals surface area (Å²) in [5.41, 5.74) is 1.74. The van der Waals surface area contributed by atoms with E-state index in [2.05, 4.69) is 22.0 Å². The van der Waals surface area contributed by atoms with E-state index in [0.29, 0.717) is 5.56 Å². The Morgan fingerprint density at radius 1 is 1.62 bits per heavy atom. The summed E-state index contributed by atoms with van der Waals surface area (Å²) >= 11 is 3.37. The summed E-state index contributed by atoms with van der Waals surface area (Å²) in [6, 6.07) is 5.94. The normalized spacial score (nSPS) is 19.0. The maximum absolute atomic E-state index is 8.86. The van der Waals surface area contributed by atoms with Crippen LogP contribution in [-0.2, 0) is 6.42 Å². The van der Waals surface area contributed by atoms with E-state index in [1.807, 2.05) is 13.0 Å². The van der Waals surface area contributed by atoms with Gasteiger partial charge in [-0.15, -0.1) is 0 Å². The van der Waals surface area contributed by atoms with E-state index in [1.54, 1.807) is 6.07 Å². The van der Waals surface area contributed by atoms with Crippen molar-refractivity contribution >= 4 is 15.9 Å². The van der Waals surface area contributed by atoms with E-state index in [9.17, 15) is 0 Å². The molecule has 0 aromatic heterocycles. The first kappa shape index (κ1) is 8.58. The molecule has 66 valence electrons. The molecule has 1 heterocycles. The molecule has 0 saturated carbocycles. The highest BCUT2D eigenvalue weighted by atomic mass is 79.9. The first-order valence-corrected chi connectivity index (χ1v) is 4.89. The van der Waals surface area contributed by atoms with E-state index in [0.717, 1.165) is 22.2 Å². The lowest BCUT2D eigenvalue weighted by molar-refractivity contribution is 0.254. The molecule has 0 aliphatic carbocycles. The van der Waals surface area contributed by atoms with Crippen molar-refractivity contribution < 1.29 is 4.74 Å². The number of hydrogen-bond acceptors (Lipinski definition) is 2. The molecule has 2 rings (SSSR count). The number of halogens is 1. The number of benzene rings is 1. The van der Waals surface area contributed by atoms with Crippen molar-refractivity contribution in [2.75, 3.05) is 0 Å². The second-order valence-corrected chi connectivity index (χ2v) is 4.10. The van der Waals surface area contributed by atoms with E-state index in [4.69, 9.17) is 10.00 Å². The van der Waals surface area contributed by atoms with Gasteiger partial charge in [0.05, 0.1) is 5.56 Å². The second kappa shape index (κ2) is 3.04. The van der Waals surface area contributed by atoms with Gasteiger partial charge < -0.3 is 4.74 Å². The van der Waals surface area contributed by atoms with Crippen molar-refractivity contribution in [3.63, 3.8) is 0 Å². The average Bonchev–Trinajstić information content (AvgIpc) is 2.43. The van der Waals surface area contributed by atoms with Crippen LogP contribution in [0.2, 0.25) is 0 Å². The molecule has 0 saturated heterocycles. The lowest BCUT2D eigenvalue weighted by Gasteiger charge is -2.03. The Balaban J connectivity index is 2.58. The molecule has 0 amide bonds. The molecule has 13 heavy (non-hydrogen) atoms. The summed E-state index contributed by atoms with van der Waals surface area (Å²) in [6.07, 6.45) is 1.08. The van der Waals surface area contributed by atoms with Crippen molar-refractivity contribution in [3.8, 4) is 11.8 Å². The predicted octanol–water partition coefficient (Wildman–Crippen LogP) is 2.64. The van der Waals surface area contributed by atoms with Gasteiger partial charge >= 0.3 is 0 Å². The van der Waals surface area contributed by atoms with Crippen molar-refractivity contribution in [2.24, 2.45) is 0 Å². The van der Waals surface area contributed by atoms with E-state index in [-0.39, 0.29) is 6.10 Å². The molecular weight excluding hydrogens is 230 g/mol. The van der Waals surface area contributed by atoms with Crippen LogP contribution in [0.5, 0.6) is 5.75 Å². The molecule has 1 aliphatic rings. The Kier molecular flexibility index (Phi) is 2.01. The lowest BCUT2D eigenvalue weighted by atomic mass is 10.1. The van der Waals surface area contributed by atoms with Crippen molar-refractivity contribution in [1.29, 1.82) is 5.26 Å². The van der Waals surface area contributed by atoms with Crippen LogP contribution in [0.4, 0.5) is 0 Å². The highest BCUT2D eigenvalue weighted by Gasteiger charge is 2.22. The fraction of sp³-hybridized carbons (Fsp3) is 0.300. The van der Waals surface area contributed by atoms with Crippen LogP contribution in [0.1, 0.15) is 18.1 Å². The number of rotatable bonds is 0. The van der Waals surface area contributed by atoms with Crippen LogP contribution < -0.4 is 4.74 Å². The van der Waals surface area contributed by atoms with E-state index >= 15 is 0 Å². The first-order chi connectivity index (χ1) is 6.20. The van der Waals surface area contributed by atoms with E-state index < -0.39 is 0 Å². The number of hydrogen-bond donors (Lipinski definition) is 0. The molecule has 0 radical (unpaired) electrons. The van der Waals surface area contributed by atoms with Gasteiger partial charge in [0.1, 0.15) is 17.9 Å². The third-order valence-electron chi connectivity index (χ3n) is 2.08. The molecule has 3 heteroatoms. The van der Waals surface area contributed by atoms with Gasteiger partial charge in [0.15, 0.2) is 0 Å². The van der Waals surface area contributed by atoms with Gasteiger partial charge in [-0.05, 0) is 19.1 Å². The van der Waals surface area contributed by atoms with Gasteiger partial charge in [-0.3, -0.25) is 0 Å². The van der Waals surface area contributed by atoms with Crippen LogP contribution in [-0.4, -0.2) is 6.10 Å². The van der Waals surface area contributed by atoms with Gasteiger partial charge in [-0.25, -0.2) is 0 Å². The SMILES string of the molecule is CC1Cc2cc(Br)cc(C#N)c2O1. The van der Waals surface area contributed by atoms with Crippen LogP contribution in [0.15, 0.2) is 16.6 Å². The summed E-state index contributed by atoms with van der Waals surface area (Å²) in [6.45, 7) is 2.01. The molecule has 2 nitrogen and oxygen atoms in total. The predicted molar refractivity (Wildman–Crippen MR) is 52.7 cm³/mol. The van der Waals surface area contributed by atoms with Crippen LogP contribution in [0.25, 0.3) is 0 Å². The highest BCUT2D eigenvalue weighted by molar-refractivity contribution is 9.10. The molecule has 1 aromatic rings. The lowest BCUT2D eigenvalue weighted by Crippen LogP contribution is -2.05. The van der Waals surface area contributed by atoms with Gasteiger partial charge in [-0.1, -0.05) is 15.9 Å². The monoisotopic (exact) mass is 237 g/mol. The largest absolute Gasteiger partial charge is 0.489 e. The fourth-order valence-electron chi connectivity index (χ4n) is 1.58. The third kappa shape index (κ3) is 1.42. The maximum Gasteiger partial charge on any atom is 0.140 e. The molecule has 0 spiro atoms. The molecule has 1 atom stereocenters. The van der Waals surface area contributed by atoms with Gasteiger partial charge in [0.2, 0.25) is 0 Å². The number of fused-ring (bicyclic) bond motifs is 1. The molecule has 0 fully saturated rings. The van der Waals surface area contributed by atoms with E-state index in [1.165, 1.54) is 0 Å². The Bertz CT molecular complexity index is 395. The molecule has 1 unspecified atom stereocenters. The third-order valence-corrected chi connectivity index (χ3v) is 2.54. The molecule has 0 N–H and O–H groups in total. The molecule has 1 aromatic carbocycles. The fourth-order valence-corrected chi connectivity index (χ4v) is 2.08. The van der Waals surface area contributed by atoms with Gasteiger partial charge in [0, 0.05) is 16.5 Å². The molecule has 0 bridgehead atoms. The summed E-state index contributed by atoms with van der Waals surface area (Å²) in [7, 11) is 0. The Hall–Kier alpha value is -1.01. The standard InChI is InChI=1S/C10H8BrNO/c1-6-2-7-3-9(11)4-8(5-12)10(7)13-6/h3-4,6H,2H2,1H3. The summed E-state index contributed by atoms with van der Waals surface area (Å²) in [5, 5.41) is 8.86. The van der Waals surface area contributed by atoms with Crippen molar-refractivity contribution in [3.05, 3.63) is 27.7 Å². The number of ether oxygens (including phenoxy) is 1. The minimum absolute atomic E-state index is 0.191. The van der Waals surface area contributed by atoms with Crippen molar-refractivity contribution in [1.82, 2.24) is 0 Å². The zero-order valence-electron chi connectivity index (χ0n) is 7.17. The minimum atomic E-state index is 0.191. The molecular formula is C10H8BrNO. The second-order valence-electron chi connectivity index (χ2n) is 3.19. The van der Waals surface area contributed by atoms with Gasteiger partial charge in [-0.2, -0.15) is 5.26 Å². The highest BCUT2D eigenvalue weighted by Crippen LogP contribution is 2.34. The van der Waals surface area contributed by atoms with Crippen LogP contribution >= 0.6 is 15.9 Å². The Labute approximate surface area is 85.3 Å². The summed E-state index contributed by atoms with van der Waals surface area (Å²) < 4.78 is 6.49. The number of nitrogens with zero attached hydrogens (tertiary/aromatic N) is 1. The van der Waals surface area contributed by atoms with Crippen LogP contribution in [0, 0.1) is 11.3 Å².